The van der Waals surface area contributed by atoms with Gasteiger partial charge in [0.1, 0.15) is 23.0 Å². The number of benzene rings is 3. The van der Waals surface area contributed by atoms with Gasteiger partial charge in [-0.2, -0.15) is 0 Å². The normalized spacial score (nSPS) is 11.7. The first-order valence-electron chi connectivity index (χ1n) is 11.2. The van der Waals surface area contributed by atoms with Gasteiger partial charge < -0.3 is 30.4 Å². The van der Waals surface area contributed by atoms with E-state index < -0.39 is 25.8 Å². The molecule has 0 aromatic heterocycles. The number of methoxy groups -OCH3 is 4. The maximum atomic E-state index is 12.9. The van der Waals surface area contributed by atoms with E-state index in [1.165, 1.54) is 70.9 Å². The Balaban J connectivity index is 1.86. The second-order valence-corrected chi connectivity index (χ2v) is 11.5. The monoisotopic (exact) mass is 578 g/mol. The standard InChI is InChI=1S/C25H30N4O8S2/c1-34-20-13-24(36-3)21(25(14-20)37-4)7-8-38(30,31)28-19-5-6-23(35-2)22(12-19)29-39(32,33)15-16-9-17(26)11-18(27)10-16/h5-14,28-29H,15,26-27H2,1-4H3/b8-7+. The second-order valence-electron chi connectivity index (χ2n) is 8.18. The van der Waals surface area contributed by atoms with Crippen LogP contribution in [0.4, 0.5) is 22.7 Å². The average Bonchev–Trinajstić information content (AvgIpc) is 2.85. The quantitative estimate of drug-likeness (QED) is 0.233. The van der Waals surface area contributed by atoms with Crippen LogP contribution in [0.3, 0.4) is 0 Å². The zero-order chi connectivity index (χ0) is 28.8. The molecule has 39 heavy (non-hydrogen) atoms. The second kappa shape index (κ2) is 12.0. The molecule has 0 aliphatic carbocycles. The number of ether oxygens (including phenoxy) is 4. The van der Waals surface area contributed by atoms with Crippen LogP contribution < -0.4 is 39.9 Å². The molecule has 3 aromatic rings. The van der Waals surface area contributed by atoms with E-state index in [4.69, 9.17) is 30.4 Å². The van der Waals surface area contributed by atoms with E-state index in [2.05, 4.69) is 9.44 Å². The van der Waals surface area contributed by atoms with Crippen molar-refractivity contribution >= 4 is 48.9 Å². The molecule has 210 valence electrons. The van der Waals surface area contributed by atoms with Crippen molar-refractivity contribution in [2.24, 2.45) is 0 Å². The molecule has 0 bridgehead atoms. The summed E-state index contributed by atoms with van der Waals surface area (Å²) in [5.41, 5.74) is 13.0. The fraction of sp³-hybridized carbons (Fsp3) is 0.200. The molecule has 0 spiro atoms. The van der Waals surface area contributed by atoms with Crippen LogP contribution in [0.5, 0.6) is 23.0 Å². The van der Waals surface area contributed by atoms with Crippen LogP contribution in [0.25, 0.3) is 6.08 Å². The number of rotatable bonds is 12. The van der Waals surface area contributed by atoms with E-state index in [9.17, 15) is 16.8 Å². The third kappa shape index (κ3) is 7.85. The van der Waals surface area contributed by atoms with E-state index in [1.54, 1.807) is 12.1 Å². The molecule has 3 rings (SSSR count). The molecule has 0 unspecified atom stereocenters. The average molecular weight is 579 g/mol. The van der Waals surface area contributed by atoms with E-state index >= 15 is 0 Å². The number of hydrogen-bond acceptors (Lipinski definition) is 10. The van der Waals surface area contributed by atoms with Gasteiger partial charge in [0.05, 0.1) is 56.5 Å². The van der Waals surface area contributed by atoms with Gasteiger partial charge >= 0.3 is 0 Å². The predicted molar refractivity (Wildman–Crippen MR) is 152 cm³/mol. The minimum atomic E-state index is -4.06. The van der Waals surface area contributed by atoms with E-state index in [1.807, 2.05) is 0 Å². The first-order chi connectivity index (χ1) is 18.4. The molecule has 0 atom stereocenters. The van der Waals surface area contributed by atoms with E-state index in [0.717, 1.165) is 5.41 Å². The van der Waals surface area contributed by atoms with Crippen molar-refractivity contribution < 1.29 is 35.8 Å². The molecule has 14 heteroatoms. The van der Waals surface area contributed by atoms with Gasteiger partial charge in [-0.05, 0) is 48.0 Å². The van der Waals surface area contributed by atoms with Crippen molar-refractivity contribution in [2.45, 2.75) is 5.75 Å². The number of hydrogen-bond donors (Lipinski definition) is 4. The predicted octanol–water partition coefficient (Wildman–Crippen LogP) is 3.24. The summed E-state index contributed by atoms with van der Waals surface area (Å²) in [4.78, 5) is 0. The summed E-state index contributed by atoms with van der Waals surface area (Å²) in [5.74, 6) is 0.892. The molecule has 0 aliphatic heterocycles. The topological polar surface area (TPSA) is 181 Å². The van der Waals surface area contributed by atoms with Crippen LogP contribution in [-0.2, 0) is 25.8 Å². The van der Waals surface area contributed by atoms with Crippen LogP contribution in [0.15, 0.2) is 53.9 Å². The van der Waals surface area contributed by atoms with Crippen molar-refractivity contribution in [3.63, 3.8) is 0 Å². The molecule has 0 fully saturated rings. The number of sulfonamides is 2. The maximum Gasteiger partial charge on any atom is 0.255 e. The van der Waals surface area contributed by atoms with E-state index in [-0.39, 0.29) is 17.1 Å². The van der Waals surface area contributed by atoms with Crippen molar-refractivity contribution in [3.8, 4) is 23.0 Å². The zero-order valence-electron chi connectivity index (χ0n) is 21.7. The van der Waals surface area contributed by atoms with Crippen LogP contribution in [-0.4, -0.2) is 45.3 Å². The van der Waals surface area contributed by atoms with Crippen molar-refractivity contribution in [3.05, 3.63) is 65.1 Å². The molecule has 6 N–H and O–H groups in total. The fourth-order valence-corrected chi connectivity index (χ4v) is 5.67. The lowest BCUT2D eigenvalue weighted by Crippen LogP contribution is -2.16. The minimum absolute atomic E-state index is 0.0250. The van der Waals surface area contributed by atoms with Crippen LogP contribution in [0.2, 0.25) is 0 Å². The van der Waals surface area contributed by atoms with Gasteiger partial charge in [-0.25, -0.2) is 16.8 Å². The number of nitrogens with two attached hydrogens (primary N) is 2. The Bertz CT molecular complexity index is 1540. The Labute approximate surface area is 227 Å². The molecule has 0 amide bonds. The Hall–Kier alpha value is -4.30. The summed E-state index contributed by atoms with van der Waals surface area (Å²) in [6, 6.07) is 11.8. The molecule has 0 saturated carbocycles. The smallest absolute Gasteiger partial charge is 0.255 e. The zero-order valence-corrected chi connectivity index (χ0v) is 23.4. The molecule has 0 aliphatic rings. The molecule has 3 aromatic carbocycles. The lowest BCUT2D eigenvalue weighted by atomic mass is 10.1. The molecule has 0 radical (unpaired) electrons. The van der Waals surface area contributed by atoms with Crippen molar-refractivity contribution in [1.82, 2.24) is 0 Å². The molecule has 12 nitrogen and oxygen atoms in total. The summed E-state index contributed by atoms with van der Waals surface area (Å²) in [5, 5.41) is 0.929. The summed E-state index contributed by atoms with van der Waals surface area (Å²) < 4.78 is 77.3. The largest absolute Gasteiger partial charge is 0.496 e. The Morgan fingerprint density at radius 2 is 1.33 bits per heavy atom. The van der Waals surface area contributed by atoms with Gasteiger partial charge in [0.2, 0.25) is 10.0 Å². The lowest BCUT2D eigenvalue weighted by Gasteiger charge is -2.14. The van der Waals surface area contributed by atoms with Gasteiger partial charge in [0.25, 0.3) is 10.0 Å². The molecular formula is C25H30N4O8S2. The van der Waals surface area contributed by atoms with Crippen LogP contribution in [0, 0.1) is 0 Å². The highest BCUT2D eigenvalue weighted by Crippen LogP contribution is 2.35. The summed E-state index contributed by atoms with van der Waals surface area (Å²) in [6.07, 6.45) is 1.31. The van der Waals surface area contributed by atoms with Crippen molar-refractivity contribution in [2.75, 3.05) is 49.4 Å². The first kappa shape index (κ1) is 29.3. The van der Waals surface area contributed by atoms with Gasteiger partial charge in [-0.3, -0.25) is 9.44 Å². The highest BCUT2D eigenvalue weighted by molar-refractivity contribution is 7.95. The Morgan fingerprint density at radius 3 is 1.87 bits per heavy atom. The third-order valence-corrected chi connectivity index (χ3v) is 7.55. The van der Waals surface area contributed by atoms with Gasteiger partial charge in [-0.1, -0.05) is 0 Å². The SMILES string of the molecule is COc1cc(OC)c(/C=C/S(=O)(=O)Nc2ccc(OC)c(NS(=O)(=O)Cc3cc(N)cc(N)c3)c2)c(OC)c1. The van der Waals surface area contributed by atoms with Crippen LogP contribution in [0.1, 0.15) is 11.1 Å². The summed E-state index contributed by atoms with van der Waals surface area (Å²) in [6.45, 7) is 0. The molecule has 0 heterocycles. The first-order valence-corrected chi connectivity index (χ1v) is 14.4. The van der Waals surface area contributed by atoms with Crippen molar-refractivity contribution in [1.29, 1.82) is 0 Å². The third-order valence-electron chi connectivity index (χ3n) is 5.29. The number of anilines is 4. The van der Waals surface area contributed by atoms with Gasteiger partial charge in [-0.15, -0.1) is 0 Å². The van der Waals surface area contributed by atoms with Gasteiger partial charge in [0, 0.05) is 23.5 Å². The van der Waals surface area contributed by atoms with Crippen LogP contribution >= 0.6 is 0 Å². The minimum Gasteiger partial charge on any atom is -0.496 e. The Kier molecular flexibility index (Phi) is 9.04. The van der Waals surface area contributed by atoms with E-state index in [0.29, 0.717) is 39.8 Å². The van der Waals surface area contributed by atoms with Gasteiger partial charge in [0.15, 0.2) is 0 Å². The summed E-state index contributed by atoms with van der Waals surface area (Å²) in [7, 11) is -2.31. The molecule has 0 saturated heterocycles. The molecular weight excluding hydrogens is 548 g/mol. The summed E-state index contributed by atoms with van der Waals surface area (Å²) >= 11 is 0. The highest BCUT2D eigenvalue weighted by Gasteiger charge is 2.18. The highest BCUT2D eigenvalue weighted by atomic mass is 32.2. The maximum absolute atomic E-state index is 12.9. The number of nitrogens with one attached hydrogen (secondary N) is 2. The Morgan fingerprint density at radius 1 is 0.744 bits per heavy atom. The fourth-order valence-electron chi connectivity index (χ4n) is 3.66. The number of nitrogen functional groups attached to an aromatic ring is 2. The lowest BCUT2D eigenvalue weighted by molar-refractivity contribution is 0.374.